The lowest BCUT2D eigenvalue weighted by atomic mass is 10.0. The second-order valence-electron chi connectivity index (χ2n) is 6.46. The van der Waals surface area contributed by atoms with Crippen LogP contribution >= 0.6 is 15.9 Å². The van der Waals surface area contributed by atoms with E-state index in [0.717, 1.165) is 16.2 Å². The fourth-order valence-corrected chi connectivity index (χ4v) is 3.72. The number of carbonyl (C=O) groups is 2. The fraction of sp³-hybridized carbons (Fsp3) is 0.389. The molecule has 2 aromatic rings. The van der Waals surface area contributed by atoms with E-state index >= 15 is 0 Å². The molecule has 154 valence electrons. The zero-order valence-corrected chi connectivity index (χ0v) is 17.4. The number of imidazole rings is 1. The number of halogens is 1. The predicted molar refractivity (Wildman–Crippen MR) is 106 cm³/mol. The molecule has 0 radical (unpaired) electrons. The van der Waals surface area contributed by atoms with Crippen molar-refractivity contribution in [1.82, 2.24) is 9.55 Å². The Morgan fingerprint density at radius 3 is 2.93 bits per heavy atom. The quantitative estimate of drug-likeness (QED) is 0.300. The first-order chi connectivity index (χ1) is 13.8. The second-order valence-corrected chi connectivity index (χ2v) is 7.32. The lowest BCUT2D eigenvalue weighted by Gasteiger charge is -2.13. The smallest absolute Gasteiger partial charge is 0.342 e. The summed E-state index contributed by atoms with van der Waals surface area (Å²) in [6.45, 7) is 1.59. The highest BCUT2D eigenvalue weighted by Crippen LogP contribution is 2.34. The van der Waals surface area contributed by atoms with Crippen LogP contribution in [0.5, 0.6) is 5.75 Å². The average molecular weight is 467 g/mol. The molecule has 0 aliphatic carbocycles. The van der Waals surface area contributed by atoms with Crippen molar-refractivity contribution in [3.8, 4) is 5.75 Å². The molecule has 29 heavy (non-hydrogen) atoms. The fourth-order valence-electron chi connectivity index (χ4n) is 3.17. The van der Waals surface area contributed by atoms with Gasteiger partial charge in [0, 0.05) is 18.7 Å². The molecular weight excluding hydrogens is 448 g/mol. The molecule has 0 bridgehead atoms. The van der Waals surface area contributed by atoms with E-state index in [1.165, 1.54) is 11.7 Å². The Bertz CT molecular complexity index is 974. The molecule has 1 amide bonds. The number of hydrogen-bond acceptors (Lipinski definition) is 7. The highest BCUT2D eigenvalue weighted by Gasteiger charge is 2.32. The van der Waals surface area contributed by atoms with Gasteiger partial charge in [0.2, 0.25) is 5.91 Å². The normalized spacial score (nSPS) is 15.8. The number of nitrogens with zero attached hydrogens (tertiary/aromatic N) is 3. The van der Waals surface area contributed by atoms with Gasteiger partial charge in [0.25, 0.3) is 0 Å². The largest absolute Gasteiger partial charge is 0.495 e. The zero-order chi connectivity index (χ0) is 21.1. The first kappa shape index (κ1) is 20.8. The van der Waals surface area contributed by atoms with Crippen LogP contribution in [-0.4, -0.2) is 40.1 Å². The molecule has 1 atom stereocenters. The topological polar surface area (TPSA) is 126 Å². The van der Waals surface area contributed by atoms with Gasteiger partial charge < -0.3 is 24.9 Å². The molecule has 0 saturated carbocycles. The van der Waals surface area contributed by atoms with Crippen molar-refractivity contribution in [2.24, 2.45) is 5.92 Å². The van der Waals surface area contributed by atoms with Crippen molar-refractivity contribution in [3.63, 3.8) is 0 Å². The number of anilines is 1. The zero-order valence-electron chi connectivity index (χ0n) is 15.8. The summed E-state index contributed by atoms with van der Waals surface area (Å²) in [5, 5.41) is 13.8. The summed E-state index contributed by atoms with van der Waals surface area (Å²) in [6, 6.07) is 3.55. The monoisotopic (exact) mass is 466 g/mol. The maximum atomic E-state index is 12.5. The van der Waals surface area contributed by atoms with Crippen LogP contribution in [0.3, 0.4) is 0 Å². The highest BCUT2D eigenvalue weighted by molar-refractivity contribution is 9.10. The van der Waals surface area contributed by atoms with E-state index in [0.29, 0.717) is 30.1 Å². The summed E-state index contributed by atoms with van der Waals surface area (Å²) in [6.07, 6.45) is 1.95. The number of methoxy groups -OCH3 is 1. The van der Waals surface area contributed by atoms with Crippen molar-refractivity contribution < 1.29 is 24.0 Å². The van der Waals surface area contributed by atoms with Gasteiger partial charge in [0.1, 0.15) is 31.0 Å². The molecule has 10 nitrogen and oxygen atoms in total. The molecule has 3 rings (SSSR count). The number of ether oxygens (including phenoxy) is 2. The molecule has 1 aromatic carbocycles. The highest BCUT2D eigenvalue weighted by atomic mass is 79.9. The van der Waals surface area contributed by atoms with Gasteiger partial charge in [-0.1, -0.05) is 0 Å². The van der Waals surface area contributed by atoms with Gasteiger partial charge in [-0.3, -0.25) is 9.59 Å². The first-order valence-corrected chi connectivity index (χ1v) is 9.61. The molecule has 11 heteroatoms. The van der Waals surface area contributed by atoms with Gasteiger partial charge >= 0.3 is 11.8 Å². The van der Waals surface area contributed by atoms with E-state index < -0.39 is 22.7 Å². The molecule has 1 aromatic heterocycles. The number of aryl methyl sites for hydroxylation is 2. The number of nitrogens with one attached hydrogen (secondary N) is 1. The van der Waals surface area contributed by atoms with Crippen LogP contribution in [0, 0.1) is 23.0 Å². The molecule has 1 unspecified atom stereocenters. The molecule has 0 fully saturated rings. The molecule has 1 N–H and O–H groups in total. The number of benzene rings is 1. The Balaban J connectivity index is 1.64. The van der Waals surface area contributed by atoms with E-state index in [2.05, 4.69) is 26.2 Å². The summed E-state index contributed by atoms with van der Waals surface area (Å²) in [5.41, 5.74) is 1.47. The number of aromatic nitrogens is 2. The van der Waals surface area contributed by atoms with Gasteiger partial charge in [-0.05, 0) is 45.3 Å². The Hall–Kier alpha value is -2.95. The van der Waals surface area contributed by atoms with E-state index in [1.807, 2.05) is 6.07 Å². The van der Waals surface area contributed by atoms with Crippen LogP contribution in [0.15, 0.2) is 22.8 Å². The SMILES string of the molecule is COc1cc2c(cc1Br)CCC(C(=O)OCCn1c([N+](=O)[O-])cnc1C)C(=O)N2. The van der Waals surface area contributed by atoms with Crippen molar-refractivity contribution in [2.45, 2.75) is 26.3 Å². The third-order valence-electron chi connectivity index (χ3n) is 4.72. The van der Waals surface area contributed by atoms with E-state index in [1.54, 1.807) is 13.0 Å². The van der Waals surface area contributed by atoms with Crippen LogP contribution < -0.4 is 10.1 Å². The summed E-state index contributed by atoms with van der Waals surface area (Å²) in [5.74, 6) is -1.26. The van der Waals surface area contributed by atoms with Gasteiger partial charge in [-0.2, -0.15) is 0 Å². The van der Waals surface area contributed by atoms with Gasteiger partial charge in [-0.15, -0.1) is 0 Å². The number of rotatable bonds is 6. The number of hydrogen-bond donors (Lipinski definition) is 1. The minimum Gasteiger partial charge on any atom is -0.495 e. The Kier molecular flexibility index (Phi) is 6.16. The lowest BCUT2D eigenvalue weighted by Crippen LogP contribution is -2.31. The maximum absolute atomic E-state index is 12.5. The lowest BCUT2D eigenvalue weighted by molar-refractivity contribution is -0.392. The van der Waals surface area contributed by atoms with Crippen molar-refractivity contribution in [1.29, 1.82) is 0 Å². The van der Waals surface area contributed by atoms with Crippen LogP contribution in [0.1, 0.15) is 17.8 Å². The maximum Gasteiger partial charge on any atom is 0.342 e. The van der Waals surface area contributed by atoms with Crippen LogP contribution in [0.4, 0.5) is 11.5 Å². The molecule has 1 aliphatic heterocycles. The molecule has 0 saturated heterocycles. The van der Waals surface area contributed by atoms with Gasteiger partial charge in [-0.25, -0.2) is 9.55 Å². The van der Waals surface area contributed by atoms with Crippen LogP contribution in [0.2, 0.25) is 0 Å². The van der Waals surface area contributed by atoms with Gasteiger partial charge in [0.15, 0.2) is 5.82 Å². The predicted octanol–water partition coefficient (Wildman–Crippen LogP) is 2.62. The summed E-state index contributed by atoms with van der Waals surface area (Å²) in [4.78, 5) is 39.3. The summed E-state index contributed by atoms with van der Waals surface area (Å²) >= 11 is 3.41. The molecular formula is C18H19BrN4O6. The summed E-state index contributed by atoms with van der Waals surface area (Å²) < 4.78 is 12.6. The van der Waals surface area contributed by atoms with E-state index in [-0.39, 0.29) is 19.0 Å². The van der Waals surface area contributed by atoms with Crippen LogP contribution in [0.25, 0.3) is 0 Å². The molecule has 2 heterocycles. The molecule has 0 spiro atoms. The Labute approximate surface area is 174 Å². The number of esters is 1. The Morgan fingerprint density at radius 1 is 1.48 bits per heavy atom. The summed E-state index contributed by atoms with van der Waals surface area (Å²) in [7, 11) is 1.53. The number of fused-ring (bicyclic) bond motifs is 1. The molecule has 1 aliphatic rings. The second kappa shape index (κ2) is 8.60. The number of amides is 1. The van der Waals surface area contributed by atoms with Crippen molar-refractivity contribution >= 4 is 39.3 Å². The number of carbonyl (C=O) groups excluding carboxylic acids is 2. The minimum atomic E-state index is -0.967. The van der Waals surface area contributed by atoms with Crippen LogP contribution in [-0.2, 0) is 27.3 Å². The van der Waals surface area contributed by atoms with Crippen molar-refractivity contribution in [2.75, 3.05) is 19.0 Å². The third kappa shape index (κ3) is 4.39. The standard InChI is InChI=1S/C18H19BrN4O6/c1-10-20-9-16(23(26)27)22(10)5-6-29-18(25)12-4-3-11-7-13(19)15(28-2)8-14(11)21-17(12)24/h7-9,12H,3-6H2,1-2H3,(H,21,24). The Morgan fingerprint density at radius 2 is 2.24 bits per heavy atom. The average Bonchev–Trinajstić information content (AvgIpc) is 2.96. The third-order valence-corrected chi connectivity index (χ3v) is 5.34. The number of nitro groups is 1. The minimum absolute atomic E-state index is 0.0760. The van der Waals surface area contributed by atoms with Crippen molar-refractivity contribution in [3.05, 3.63) is 44.3 Å². The van der Waals surface area contributed by atoms with E-state index in [9.17, 15) is 19.7 Å². The van der Waals surface area contributed by atoms with E-state index in [4.69, 9.17) is 9.47 Å². The first-order valence-electron chi connectivity index (χ1n) is 8.82. The van der Waals surface area contributed by atoms with Gasteiger partial charge in [0.05, 0.1) is 11.6 Å².